The molecule has 4 rings (SSSR count). The van der Waals surface area contributed by atoms with Crippen LogP contribution < -0.4 is 0 Å². The van der Waals surface area contributed by atoms with Crippen molar-refractivity contribution in [2.24, 2.45) is 5.10 Å². The summed E-state index contributed by atoms with van der Waals surface area (Å²) < 4.78 is 0. The number of carboxylic acids is 2. The maximum Gasteiger partial charge on any atom is 0.328 e. The number of likely N-dealkylation sites (tertiary alicyclic amines) is 1. The first-order valence-corrected chi connectivity index (χ1v) is 10.8. The summed E-state index contributed by atoms with van der Waals surface area (Å²) in [7, 11) is 0. The van der Waals surface area contributed by atoms with Crippen molar-refractivity contribution in [2.45, 2.75) is 19.3 Å². The van der Waals surface area contributed by atoms with Gasteiger partial charge >= 0.3 is 11.9 Å². The molecule has 0 radical (unpaired) electrons. The first-order chi connectivity index (χ1) is 15.9. The number of hydrogen-bond acceptors (Lipinski definition) is 5. The van der Waals surface area contributed by atoms with E-state index in [-0.39, 0.29) is 5.91 Å². The van der Waals surface area contributed by atoms with Crippen LogP contribution in [0.3, 0.4) is 0 Å². The van der Waals surface area contributed by atoms with Crippen LogP contribution >= 0.6 is 0 Å². The van der Waals surface area contributed by atoms with Crippen molar-refractivity contribution < 1.29 is 24.6 Å². The van der Waals surface area contributed by atoms with E-state index in [4.69, 9.17) is 15.3 Å². The molecule has 0 spiro atoms. The van der Waals surface area contributed by atoms with Gasteiger partial charge in [-0.25, -0.2) is 14.6 Å². The smallest absolute Gasteiger partial charge is 0.328 e. The van der Waals surface area contributed by atoms with Gasteiger partial charge in [0.15, 0.2) is 0 Å². The lowest BCUT2D eigenvalue weighted by Crippen LogP contribution is -2.35. The van der Waals surface area contributed by atoms with E-state index in [1.807, 2.05) is 36.4 Å². The zero-order chi connectivity index (χ0) is 23.6. The summed E-state index contributed by atoms with van der Waals surface area (Å²) in [6.45, 7) is 3.83. The van der Waals surface area contributed by atoms with E-state index in [0.29, 0.717) is 25.1 Å². The normalized spacial score (nSPS) is 15.9. The third-order valence-corrected chi connectivity index (χ3v) is 5.37. The predicted molar refractivity (Wildman–Crippen MR) is 124 cm³/mol. The molecule has 8 heteroatoms. The Morgan fingerprint density at radius 1 is 0.879 bits per heavy atom. The van der Waals surface area contributed by atoms with Crippen LogP contribution in [0.25, 0.3) is 0 Å². The summed E-state index contributed by atoms with van der Waals surface area (Å²) >= 11 is 0. The molecule has 2 aromatic carbocycles. The Balaban J connectivity index is 0.000000331. The van der Waals surface area contributed by atoms with Gasteiger partial charge in [0, 0.05) is 29.8 Å². The second-order valence-corrected chi connectivity index (χ2v) is 7.72. The number of carbonyl (C=O) groups is 3. The largest absolute Gasteiger partial charge is 0.478 e. The van der Waals surface area contributed by atoms with E-state index in [1.165, 1.54) is 12.8 Å². The highest BCUT2D eigenvalue weighted by molar-refractivity contribution is 6.15. The third kappa shape index (κ3) is 7.11. The first-order valence-electron chi connectivity index (χ1n) is 10.8. The highest BCUT2D eigenvalue weighted by Gasteiger charge is 2.24. The summed E-state index contributed by atoms with van der Waals surface area (Å²) in [4.78, 5) is 34.3. The van der Waals surface area contributed by atoms with Crippen LogP contribution in [0.2, 0.25) is 0 Å². The standard InChI is InChI=1S/C21H23N3O.C4H4O4/c25-20-16-18-10-4-5-11-19(18)21(17-8-2-1-3-9-17)22-24(20)15-14-23-12-6-7-13-23;5-3(6)1-2-4(7)8/h1-5,8-11H,6-7,12-16H2;1-2H,(H,5,6)(H,7,8)/b;2-1+. The fraction of sp³-hybridized carbons (Fsp3) is 0.280. The number of benzene rings is 2. The maximum absolute atomic E-state index is 12.8. The second kappa shape index (κ2) is 11.7. The molecule has 2 aliphatic heterocycles. The van der Waals surface area contributed by atoms with Gasteiger partial charge in [0.05, 0.1) is 18.7 Å². The molecule has 1 fully saturated rings. The highest BCUT2D eigenvalue weighted by atomic mass is 16.4. The van der Waals surface area contributed by atoms with Crippen molar-refractivity contribution >= 4 is 23.6 Å². The van der Waals surface area contributed by atoms with E-state index in [1.54, 1.807) is 5.01 Å². The highest BCUT2D eigenvalue weighted by Crippen LogP contribution is 2.21. The Hall–Kier alpha value is -3.78. The Bertz CT molecular complexity index is 1030. The van der Waals surface area contributed by atoms with E-state index in [0.717, 1.165) is 42.0 Å². The van der Waals surface area contributed by atoms with E-state index < -0.39 is 11.9 Å². The van der Waals surface area contributed by atoms with Crippen molar-refractivity contribution in [3.8, 4) is 0 Å². The van der Waals surface area contributed by atoms with Crippen LogP contribution in [-0.2, 0) is 20.8 Å². The number of hydrogen-bond donors (Lipinski definition) is 2. The van der Waals surface area contributed by atoms with Gasteiger partial charge in [-0.1, -0.05) is 54.6 Å². The number of amides is 1. The first kappa shape index (κ1) is 23.9. The lowest BCUT2D eigenvalue weighted by atomic mass is 9.96. The number of rotatable bonds is 6. The molecule has 2 N–H and O–H groups in total. The van der Waals surface area contributed by atoms with Crippen molar-refractivity contribution in [1.82, 2.24) is 9.91 Å². The van der Waals surface area contributed by atoms with E-state index in [2.05, 4.69) is 23.1 Å². The summed E-state index contributed by atoms with van der Waals surface area (Å²) in [5.74, 6) is -2.43. The zero-order valence-corrected chi connectivity index (χ0v) is 18.3. The van der Waals surface area contributed by atoms with Crippen molar-refractivity contribution in [1.29, 1.82) is 0 Å². The predicted octanol–water partition coefficient (Wildman–Crippen LogP) is 2.63. The van der Waals surface area contributed by atoms with E-state index in [9.17, 15) is 14.4 Å². The Morgan fingerprint density at radius 2 is 1.48 bits per heavy atom. The molecule has 2 aliphatic rings. The van der Waals surface area contributed by atoms with Crippen LogP contribution in [0.4, 0.5) is 0 Å². The second-order valence-electron chi connectivity index (χ2n) is 7.72. The lowest BCUT2D eigenvalue weighted by Gasteiger charge is -2.21. The Labute approximate surface area is 192 Å². The minimum absolute atomic E-state index is 0.0811. The van der Waals surface area contributed by atoms with Crippen LogP contribution in [0, 0.1) is 0 Å². The lowest BCUT2D eigenvalue weighted by molar-refractivity contribution is -0.134. The Kier molecular flexibility index (Phi) is 8.49. The minimum Gasteiger partial charge on any atom is -0.478 e. The monoisotopic (exact) mass is 449 g/mol. The molecular weight excluding hydrogens is 422 g/mol. The average Bonchev–Trinajstić information content (AvgIpc) is 3.28. The summed E-state index contributed by atoms with van der Waals surface area (Å²) in [6, 6.07) is 18.3. The van der Waals surface area contributed by atoms with Gasteiger partial charge < -0.3 is 15.1 Å². The van der Waals surface area contributed by atoms with Crippen LogP contribution in [0.1, 0.15) is 29.5 Å². The fourth-order valence-corrected chi connectivity index (χ4v) is 3.76. The van der Waals surface area contributed by atoms with Crippen molar-refractivity contribution in [3.63, 3.8) is 0 Å². The number of carboxylic acid groups (broad SMARTS) is 2. The third-order valence-electron chi connectivity index (χ3n) is 5.37. The van der Waals surface area contributed by atoms with Gasteiger partial charge in [0.1, 0.15) is 0 Å². The number of nitrogens with zero attached hydrogens (tertiary/aromatic N) is 3. The summed E-state index contributed by atoms with van der Waals surface area (Å²) in [6.07, 6.45) is 4.05. The number of fused-ring (bicyclic) bond motifs is 1. The SMILES string of the molecule is O=C(O)/C=C/C(=O)O.O=C1Cc2ccccc2C(c2ccccc2)=NN1CCN1CCCC1. The molecule has 0 atom stereocenters. The number of hydrazone groups is 1. The molecule has 1 saturated heterocycles. The molecule has 2 aromatic rings. The fourth-order valence-electron chi connectivity index (χ4n) is 3.76. The van der Waals surface area contributed by atoms with Crippen LogP contribution in [0.5, 0.6) is 0 Å². The zero-order valence-electron chi connectivity index (χ0n) is 18.3. The molecule has 0 bridgehead atoms. The van der Waals surface area contributed by atoms with Crippen LogP contribution in [-0.4, -0.2) is 69.9 Å². The van der Waals surface area contributed by atoms with Gasteiger partial charge in [-0.15, -0.1) is 0 Å². The molecule has 1 amide bonds. The molecule has 8 nitrogen and oxygen atoms in total. The van der Waals surface area contributed by atoms with Crippen molar-refractivity contribution in [3.05, 3.63) is 83.4 Å². The quantitative estimate of drug-likeness (QED) is 0.656. The maximum atomic E-state index is 12.8. The topological polar surface area (TPSA) is 111 Å². The number of aliphatic carboxylic acids is 2. The van der Waals surface area contributed by atoms with Gasteiger partial charge in [-0.05, 0) is 31.5 Å². The van der Waals surface area contributed by atoms with Gasteiger partial charge in [-0.2, -0.15) is 5.10 Å². The molecule has 0 unspecified atom stereocenters. The molecular formula is C25H27N3O5. The van der Waals surface area contributed by atoms with Gasteiger partial charge in [0.25, 0.3) is 0 Å². The molecule has 0 aliphatic carbocycles. The van der Waals surface area contributed by atoms with Crippen molar-refractivity contribution in [2.75, 3.05) is 26.2 Å². The summed E-state index contributed by atoms with van der Waals surface area (Å²) in [5, 5.41) is 22.1. The van der Waals surface area contributed by atoms with Gasteiger partial charge in [-0.3, -0.25) is 4.79 Å². The Morgan fingerprint density at radius 3 is 2.12 bits per heavy atom. The summed E-state index contributed by atoms with van der Waals surface area (Å²) in [5.41, 5.74) is 4.06. The molecule has 0 aromatic heterocycles. The molecule has 172 valence electrons. The van der Waals surface area contributed by atoms with E-state index >= 15 is 0 Å². The van der Waals surface area contributed by atoms with Crippen LogP contribution in [0.15, 0.2) is 71.9 Å². The molecule has 33 heavy (non-hydrogen) atoms. The average molecular weight is 450 g/mol. The molecule has 2 heterocycles. The minimum atomic E-state index is -1.26. The van der Waals surface area contributed by atoms with Gasteiger partial charge in [0.2, 0.25) is 5.91 Å². The molecule has 0 saturated carbocycles. The number of carbonyl (C=O) groups excluding carboxylic acids is 1.